The first-order valence-electron chi connectivity index (χ1n) is 7.57. The van der Waals surface area contributed by atoms with Crippen LogP contribution in [0.2, 0.25) is 0 Å². The largest absolute Gasteiger partial charge is 0.389 e. The van der Waals surface area contributed by atoms with Crippen LogP contribution in [0.25, 0.3) is 0 Å². The Hall–Kier alpha value is -0.910. The monoisotopic (exact) mass is 311 g/mol. The predicted octanol–water partition coefficient (Wildman–Crippen LogP) is 2.31. The zero-order chi connectivity index (χ0) is 15.4. The van der Waals surface area contributed by atoms with Crippen molar-refractivity contribution in [1.82, 2.24) is 5.32 Å². The topological polar surface area (TPSA) is 58.6 Å². The number of hydrogen-bond donors (Lipinski definition) is 2. The Morgan fingerprint density at radius 3 is 2.86 bits per heavy atom. The summed E-state index contributed by atoms with van der Waals surface area (Å²) in [6.07, 6.45) is 0.292. The number of aliphatic hydroxyl groups excluding tert-OH is 1. The molecule has 1 aliphatic carbocycles. The summed E-state index contributed by atoms with van der Waals surface area (Å²) in [4.78, 5) is 14.6. The summed E-state index contributed by atoms with van der Waals surface area (Å²) in [7, 11) is 0. The first-order chi connectivity index (χ1) is 9.97. The number of nitrogens with one attached hydrogen (secondary N) is 1. The molecular formula is C16H25NO3S. The van der Waals surface area contributed by atoms with Crippen LogP contribution in [0.4, 0.5) is 0 Å². The second-order valence-electron chi connectivity index (χ2n) is 6.23. The van der Waals surface area contributed by atoms with E-state index in [0.29, 0.717) is 18.4 Å². The lowest BCUT2D eigenvalue weighted by Gasteiger charge is -2.13. The minimum absolute atomic E-state index is 0.0500. The van der Waals surface area contributed by atoms with Gasteiger partial charge in [0, 0.05) is 34.7 Å². The number of hydrogen-bond acceptors (Lipinski definition) is 4. The molecule has 3 unspecified atom stereocenters. The van der Waals surface area contributed by atoms with E-state index in [1.165, 1.54) is 9.75 Å². The van der Waals surface area contributed by atoms with Crippen LogP contribution in [-0.2, 0) is 9.53 Å². The molecule has 0 bridgehead atoms. The molecule has 5 heteroatoms. The molecule has 4 nitrogen and oxygen atoms in total. The Morgan fingerprint density at radius 1 is 1.48 bits per heavy atom. The molecule has 1 aromatic rings. The molecule has 0 spiro atoms. The first-order valence-corrected chi connectivity index (χ1v) is 8.39. The predicted molar refractivity (Wildman–Crippen MR) is 84.6 cm³/mol. The van der Waals surface area contributed by atoms with Crippen molar-refractivity contribution in [2.24, 2.45) is 11.8 Å². The average Bonchev–Trinajstić information content (AvgIpc) is 3.11. The number of aryl methyl sites for hydroxylation is 1. The molecule has 0 aliphatic heterocycles. The molecule has 1 fully saturated rings. The third-order valence-electron chi connectivity index (χ3n) is 3.53. The molecule has 3 atom stereocenters. The summed E-state index contributed by atoms with van der Waals surface area (Å²) in [5.41, 5.74) is 0. The lowest BCUT2D eigenvalue weighted by Crippen LogP contribution is -2.35. The molecule has 1 aromatic heterocycles. The summed E-state index contributed by atoms with van der Waals surface area (Å²) >= 11 is 1.77. The maximum Gasteiger partial charge on any atom is 0.223 e. The summed E-state index contributed by atoms with van der Waals surface area (Å²) in [6.45, 7) is 7.38. The van der Waals surface area contributed by atoms with Gasteiger partial charge in [-0.25, -0.2) is 0 Å². The van der Waals surface area contributed by atoms with Crippen LogP contribution < -0.4 is 5.32 Å². The Bertz CT molecular complexity index is 472. The normalized spacial score (nSPS) is 22.3. The van der Waals surface area contributed by atoms with Crippen molar-refractivity contribution < 1.29 is 14.6 Å². The van der Waals surface area contributed by atoms with Gasteiger partial charge in [-0.15, -0.1) is 11.3 Å². The number of rotatable bonds is 8. The van der Waals surface area contributed by atoms with Gasteiger partial charge in [-0.05, 0) is 31.4 Å². The third-order valence-corrected chi connectivity index (χ3v) is 4.66. The second kappa shape index (κ2) is 7.38. The molecule has 21 heavy (non-hydrogen) atoms. The van der Waals surface area contributed by atoms with Crippen LogP contribution in [0.5, 0.6) is 0 Å². The second-order valence-corrected chi connectivity index (χ2v) is 7.55. The maximum atomic E-state index is 12.0. The van der Waals surface area contributed by atoms with Gasteiger partial charge in [-0.3, -0.25) is 4.79 Å². The van der Waals surface area contributed by atoms with Gasteiger partial charge in [0.15, 0.2) is 0 Å². The van der Waals surface area contributed by atoms with Gasteiger partial charge in [0.1, 0.15) is 0 Å². The molecule has 2 rings (SSSR count). The fourth-order valence-electron chi connectivity index (χ4n) is 2.30. The summed E-state index contributed by atoms with van der Waals surface area (Å²) in [6, 6.07) is 4.22. The van der Waals surface area contributed by atoms with Crippen LogP contribution >= 0.6 is 11.3 Å². The van der Waals surface area contributed by atoms with Crippen LogP contribution in [0.1, 0.15) is 35.9 Å². The van der Waals surface area contributed by atoms with Gasteiger partial charge >= 0.3 is 0 Å². The van der Waals surface area contributed by atoms with Crippen molar-refractivity contribution in [2.75, 3.05) is 19.8 Å². The zero-order valence-electron chi connectivity index (χ0n) is 13.0. The average molecular weight is 311 g/mol. The Kier molecular flexibility index (Phi) is 5.79. The van der Waals surface area contributed by atoms with Gasteiger partial charge in [-0.1, -0.05) is 13.8 Å². The smallest absolute Gasteiger partial charge is 0.223 e. The first kappa shape index (κ1) is 16.5. The van der Waals surface area contributed by atoms with Crippen molar-refractivity contribution in [3.05, 3.63) is 21.9 Å². The molecule has 0 radical (unpaired) electrons. The van der Waals surface area contributed by atoms with Crippen molar-refractivity contribution >= 4 is 17.2 Å². The van der Waals surface area contributed by atoms with Crippen LogP contribution in [0, 0.1) is 18.8 Å². The molecule has 1 saturated carbocycles. The van der Waals surface area contributed by atoms with Crippen molar-refractivity contribution in [3.8, 4) is 0 Å². The minimum Gasteiger partial charge on any atom is -0.389 e. The number of thiophene rings is 1. The highest BCUT2D eigenvalue weighted by molar-refractivity contribution is 7.12. The van der Waals surface area contributed by atoms with E-state index in [1.54, 1.807) is 11.3 Å². The molecule has 1 amide bonds. The van der Waals surface area contributed by atoms with E-state index in [0.717, 1.165) is 6.42 Å². The molecule has 1 aliphatic rings. The van der Waals surface area contributed by atoms with Gasteiger partial charge < -0.3 is 15.2 Å². The number of carbonyl (C=O) groups is 1. The summed E-state index contributed by atoms with van der Waals surface area (Å²) < 4.78 is 5.36. The van der Waals surface area contributed by atoms with E-state index in [9.17, 15) is 9.90 Å². The Balaban J connectivity index is 1.64. The van der Waals surface area contributed by atoms with E-state index < -0.39 is 6.10 Å². The van der Waals surface area contributed by atoms with E-state index in [2.05, 4.69) is 38.2 Å². The molecule has 118 valence electrons. The summed E-state index contributed by atoms with van der Waals surface area (Å²) in [5.74, 6) is 0.951. The van der Waals surface area contributed by atoms with Gasteiger partial charge in [0.2, 0.25) is 5.91 Å². The maximum absolute atomic E-state index is 12.0. The highest BCUT2D eigenvalue weighted by atomic mass is 32.1. The van der Waals surface area contributed by atoms with Crippen molar-refractivity contribution in [1.29, 1.82) is 0 Å². The SMILES string of the molecule is Cc1ccc(C2CC2C(=O)NCC(O)COCC(C)C)s1. The highest BCUT2D eigenvalue weighted by Crippen LogP contribution is 2.49. The molecule has 2 N–H and O–H groups in total. The van der Waals surface area contributed by atoms with Gasteiger partial charge in [0.25, 0.3) is 0 Å². The van der Waals surface area contributed by atoms with Gasteiger partial charge in [0.05, 0.1) is 12.7 Å². The quantitative estimate of drug-likeness (QED) is 0.774. The van der Waals surface area contributed by atoms with Gasteiger partial charge in [-0.2, -0.15) is 0 Å². The Morgan fingerprint density at radius 2 is 2.24 bits per heavy atom. The Labute approximate surface area is 130 Å². The number of amides is 1. The lowest BCUT2D eigenvalue weighted by atomic mass is 10.2. The standard InChI is InChI=1S/C16H25NO3S/c1-10(2)8-20-9-12(18)7-17-16(19)14-6-13(14)15-5-4-11(3)21-15/h4-5,10,12-14,18H,6-9H2,1-3H3,(H,17,19). The third kappa shape index (κ3) is 5.09. The van der Waals surface area contributed by atoms with E-state index >= 15 is 0 Å². The fraction of sp³-hybridized carbons (Fsp3) is 0.688. The van der Waals surface area contributed by atoms with E-state index in [4.69, 9.17) is 4.74 Å². The minimum atomic E-state index is -0.631. The molecular weight excluding hydrogens is 286 g/mol. The lowest BCUT2D eigenvalue weighted by molar-refractivity contribution is -0.123. The van der Waals surface area contributed by atoms with Crippen molar-refractivity contribution in [3.63, 3.8) is 0 Å². The number of ether oxygens (including phenoxy) is 1. The van der Waals surface area contributed by atoms with E-state index in [1.807, 2.05) is 0 Å². The molecule has 0 aromatic carbocycles. The van der Waals surface area contributed by atoms with Crippen molar-refractivity contribution in [2.45, 2.75) is 39.2 Å². The van der Waals surface area contributed by atoms with Crippen LogP contribution in [0.3, 0.4) is 0 Å². The molecule has 1 heterocycles. The van der Waals surface area contributed by atoms with E-state index in [-0.39, 0.29) is 25.0 Å². The fourth-order valence-corrected chi connectivity index (χ4v) is 3.36. The number of aliphatic hydroxyl groups is 1. The van der Waals surface area contributed by atoms with Crippen LogP contribution in [0.15, 0.2) is 12.1 Å². The van der Waals surface area contributed by atoms with Crippen LogP contribution in [-0.4, -0.2) is 36.9 Å². The highest BCUT2D eigenvalue weighted by Gasteiger charge is 2.44. The number of carbonyl (C=O) groups excluding carboxylic acids is 1. The zero-order valence-corrected chi connectivity index (χ0v) is 13.8. The molecule has 0 saturated heterocycles. The summed E-state index contributed by atoms with van der Waals surface area (Å²) in [5, 5.41) is 12.6.